The summed E-state index contributed by atoms with van der Waals surface area (Å²) < 4.78 is 39.4. The minimum Gasteiger partial charge on any atom is -0.404 e. The monoisotopic (exact) mass is 237 g/mol. The van der Waals surface area contributed by atoms with E-state index in [1.807, 2.05) is 6.92 Å². The zero-order valence-corrected chi connectivity index (χ0v) is 8.69. The van der Waals surface area contributed by atoms with Gasteiger partial charge in [0.25, 0.3) is 0 Å². The van der Waals surface area contributed by atoms with Crippen molar-refractivity contribution in [2.75, 3.05) is 0 Å². The van der Waals surface area contributed by atoms with E-state index in [1.54, 1.807) is 0 Å². The highest BCUT2D eigenvalue weighted by atomic mass is 35.5. The summed E-state index contributed by atoms with van der Waals surface area (Å²) >= 11 is 5.63. The Morgan fingerprint density at radius 3 is 2.40 bits per heavy atom. The lowest BCUT2D eigenvalue weighted by atomic mass is 10.0. The maximum Gasteiger partial charge on any atom is 0.573 e. The molecule has 0 fully saturated rings. The Hall–Kier alpha value is -0.900. The molecule has 83 valence electrons. The molecule has 0 aliphatic carbocycles. The molecule has 1 nitrogen and oxygen atoms in total. The van der Waals surface area contributed by atoms with Crippen LogP contribution in [0, 0.1) is 6.92 Å². The van der Waals surface area contributed by atoms with E-state index in [-0.39, 0.29) is 10.9 Å². The highest BCUT2D eigenvalue weighted by Gasteiger charge is 2.32. The van der Waals surface area contributed by atoms with E-state index in [9.17, 15) is 13.2 Å². The van der Waals surface area contributed by atoms with Gasteiger partial charge in [-0.3, -0.25) is 0 Å². The Bertz CT molecular complexity index is 347. The zero-order valence-electron chi connectivity index (χ0n) is 7.94. The Labute approximate surface area is 90.8 Å². The minimum atomic E-state index is -4.72. The summed E-state index contributed by atoms with van der Waals surface area (Å²) in [6.45, 7) is 5.55. The number of benzene rings is 1. The minimum absolute atomic E-state index is 0.0394. The van der Waals surface area contributed by atoms with E-state index in [0.717, 1.165) is 5.56 Å². The van der Waals surface area contributed by atoms with Gasteiger partial charge in [0.1, 0.15) is 5.75 Å². The molecule has 0 aliphatic rings. The fourth-order valence-electron chi connectivity index (χ4n) is 1.03. The van der Waals surface area contributed by atoms with Crippen molar-refractivity contribution in [3.63, 3.8) is 0 Å². The third-order valence-corrected chi connectivity index (χ3v) is 2.05. The van der Waals surface area contributed by atoms with Crippen LogP contribution in [0.25, 0.3) is 0 Å². The van der Waals surface area contributed by atoms with Gasteiger partial charge in [-0.25, -0.2) is 0 Å². The highest BCUT2D eigenvalue weighted by Crippen LogP contribution is 2.32. The predicted molar refractivity (Wildman–Crippen MR) is 51.9 cm³/mol. The van der Waals surface area contributed by atoms with E-state index in [4.69, 9.17) is 11.6 Å². The number of rotatable bonds is 2. The average Bonchev–Trinajstić information content (AvgIpc) is 2.05. The molecule has 1 unspecified atom stereocenters. The van der Waals surface area contributed by atoms with Crippen LogP contribution in [0.3, 0.4) is 0 Å². The van der Waals surface area contributed by atoms with Crippen molar-refractivity contribution in [2.24, 2.45) is 0 Å². The first-order chi connectivity index (χ1) is 6.79. The molecule has 15 heavy (non-hydrogen) atoms. The van der Waals surface area contributed by atoms with Gasteiger partial charge in [0.2, 0.25) is 0 Å². The van der Waals surface area contributed by atoms with Gasteiger partial charge < -0.3 is 4.74 Å². The molecule has 0 N–H and O–H groups in total. The van der Waals surface area contributed by atoms with Crippen LogP contribution in [0.15, 0.2) is 18.2 Å². The number of hydrogen-bond donors (Lipinski definition) is 0. The Morgan fingerprint density at radius 1 is 1.40 bits per heavy atom. The summed E-state index contributed by atoms with van der Waals surface area (Å²) in [5, 5.41) is -0.0691. The molecule has 0 amide bonds. The number of hydrogen-bond acceptors (Lipinski definition) is 1. The first-order valence-corrected chi connectivity index (χ1v) is 4.55. The molecular formula is C10H9ClF3O. The molecular weight excluding hydrogens is 229 g/mol. The normalized spacial score (nSPS) is 11.9. The second kappa shape index (κ2) is 4.31. The van der Waals surface area contributed by atoms with Crippen molar-refractivity contribution in [1.29, 1.82) is 0 Å². The van der Waals surface area contributed by atoms with Crippen molar-refractivity contribution >= 4 is 11.6 Å². The van der Waals surface area contributed by atoms with Crippen LogP contribution in [-0.4, -0.2) is 6.36 Å². The standard InChI is InChI=1S/C10H9ClF3O/c1-6(2)7-3-4-9(8(11)5-7)15-10(12,13)14/h3-6H,1H2,2H3. The van der Waals surface area contributed by atoms with Gasteiger partial charge in [0.15, 0.2) is 0 Å². The van der Waals surface area contributed by atoms with Crippen molar-refractivity contribution in [1.82, 2.24) is 0 Å². The maximum atomic E-state index is 11.9. The molecule has 1 radical (unpaired) electrons. The topological polar surface area (TPSA) is 9.23 Å². The van der Waals surface area contributed by atoms with Gasteiger partial charge in [-0.1, -0.05) is 24.6 Å². The Kier molecular flexibility index (Phi) is 3.50. The maximum absolute atomic E-state index is 11.9. The van der Waals surface area contributed by atoms with Crippen LogP contribution < -0.4 is 4.74 Å². The van der Waals surface area contributed by atoms with Crippen LogP contribution in [0.2, 0.25) is 5.02 Å². The molecule has 0 saturated heterocycles. The molecule has 0 bridgehead atoms. The molecule has 0 aliphatic heterocycles. The number of ether oxygens (including phenoxy) is 1. The van der Waals surface area contributed by atoms with Gasteiger partial charge in [0, 0.05) is 0 Å². The van der Waals surface area contributed by atoms with Crippen molar-refractivity contribution < 1.29 is 17.9 Å². The number of alkyl halides is 3. The molecule has 5 heteroatoms. The first kappa shape index (κ1) is 12.2. The van der Waals surface area contributed by atoms with Crippen molar-refractivity contribution in [2.45, 2.75) is 19.2 Å². The molecule has 1 rings (SSSR count). The molecule has 0 heterocycles. The number of halogens is 4. The zero-order chi connectivity index (χ0) is 11.6. The predicted octanol–water partition coefficient (Wildman–Crippen LogP) is 4.18. The van der Waals surface area contributed by atoms with Crippen LogP contribution in [0.4, 0.5) is 13.2 Å². The Balaban J connectivity index is 2.94. The molecule has 1 aromatic rings. The largest absolute Gasteiger partial charge is 0.573 e. The van der Waals surface area contributed by atoms with Gasteiger partial charge in [0.05, 0.1) is 5.02 Å². The summed E-state index contributed by atoms with van der Waals surface area (Å²) in [5.41, 5.74) is 0.759. The smallest absolute Gasteiger partial charge is 0.404 e. The van der Waals surface area contributed by atoms with Crippen molar-refractivity contribution in [3.05, 3.63) is 35.7 Å². The summed E-state index contributed by atoms with van der Waals surface area (Å²) in [4.78, 5) is 0. The third-order valence-electron chi connectivity index (χ3n) is 1.75. The average molecular weight is 238 g/mol. The second-order valence-electron chi connectivity index (χ2n) is 3.14. The third kappa shape index (κ3) is 3.63. The van der Waals surface area contributed by atoms with E-state index in [0.29, 0.717) is 0 Å². The van der Waals surface area contributed by atoms with E-state index in [1.165, 1.54) is 18.2 Å². The lowest BCUT2D eigenvalue weighted by molar-refractivity contribution is -0.274. The second-order valence-corrected chi connectivity index (χ2v) is 3.55. The fourth-order valence-corrected chi connectivity index (χ4v) is 1.26. The van der Waals surface area contributed by atoms with E-state index >= 15 is 0 Å². The van der Waals surface area contributed by atoms with Crippen molar-refractivity contribution in [3.8, 4) is 5.75 Å². The van der Waals surface area contributed by atoms with Crippen LogP contribution in [0.5, 0.6) is 5.75 Å². The molecule has 1 aromatic carbocycles. The van der Waals surface area contributed by atoms with E-state index < -0.39 is 12.1 Å². The van der Waals surface area contributed by atoms with Crippen LogP contribution >= 0.6 is 11.6 Å². The fraction of sp³-hybridized carbons (Fsp3) is 0.300. The summed E-state index contributed by atoms with van der Waals surface area (Å²) in [7, 11) is 0. The van der Waals surface area contributed by atoms with E-state index in [2.05, 4.69) is 11.7 Å². The van der Waals surface area contributed by atoms with Gasteiger partial charge >= 0.3 is 6.36 Å². The molecule has 0 aromatic heterocycles. The SMILES string of the molecule is [CH2]C(C)c1ccc(OC(F)(F)F)c(Cl)c1. The summed E-state index contributed by atoms with van der Waals surface area (Å²) in [5.74, 6) is -0.434. The van der Waals surface area contributed by atoms with Gasteiger partial charge in [-0.15, -0.1) is 13.2 Å². The summed E-state index contributed by atoms with van der Waals surface area (Å²) in [6.07, 6.45) is -4.72. The molecule has 1 atom stereocenters. The lowest BCUT2D eigenvalue weighted by Crippen LogP contribution is -2.17. The van der Waals surface area contributed by atoms with Gasteiger partial charge in [-0.2, -0.15) is 0 Å². The van der Waals surface area contributed by atoms with Crippen LogP contribution in [-0.2, 0) is 0 Å². The Morgan fingerprint density at radius 2 is 2.00 bits per heavy atom. The highest BCUT2D eigenvalue weighted by molar-refractivity contribution is 6.32. The lowest BCUT2D eigenvalue weighted by Gasteiger charge is -2.12. The van der Waals surface area contributed by atoms with Gasteiger partial charge in [-0.05, 0) is 30.5 Å². The molecule has 0 saturated carbocycles. The summed E-state index contributed by atoms with van der Waals surface area (Å²) in [6, 6.07) is 4.11. The molecule has 0 spiro atoms. The van der Waals surface area contributed by atoms with Crippen LogP contribution in [0.1, 0.15) is 18.4 Å². The quantitative estimate of drug-likeness (QED) is 0.750. The first-order valence-electron chi connectivity index (χ1n) is 4.18.